The molecule has 2 rings (SSSR count). The third-order valence-electron chi connectivity index (χ3n) is 3.28. The molecular weight excluding hydrogens is 311 g/mol. The topological polar surface area (TPSA) is 41.1 Å². The number of anilines is 1. The van der Waals surface area contributed by atoms with E-state index in [4.69, 9.17) is 0 Å². The zero-order valence-electron chi connectivity index (χ0n) is 13.1. The fourth-order valence-corrected chi connectivity index (χ4v) is 2.97. The van der Waals surface area contributed by atoms with Gasteiger partial charge in [0, 0.05) is 29.3 Å². The summed E-state index contributed by atoms with van der Waals surface area (Å²) in [6.45, 7) is 3.64. The summed E-state index contributed by atoms with van der Waals surface area (Å²) in [5.74, 6) is 0.244. The molecule has 0 aliphatic carbocycles. The van der Waals surface area contributed by atoms with Crippen LogP contribution >= 0.6 is 11.8 Å². The van der Waals surface area contributed by atoms with Crippen molar-refractivity contribution in [1.29, 1.82) is 0 Å². The molecule has 0 heterocycles. The van der Waals surface area contributed by atoms with Gasteiger partial charge in [0.15, 0.2) is 0 Å². The van der Waals surface area contributed by atoms with Gasteiger partial charge in [-0.3, -0.25) is 4.79 Å². The zero-order valence-corrected chi connectivity index (χ0v) is 14.0. The maximum absolute atomic E-state index is 13.5. The zero-order chi connectivity index (χ0) is 16.5. The monoisotopic (exact) mass is 332 g/mol. The molecule has 1 amide bonds. The van der Waals surface area contributed by atoms with Crippen LogP contribution in [0.25, 0.3) is 0 Å². The molecular formula is C18H21FN2OS. The molecule has 122 valence electrons. The molecule has 0 fully saturated rings. The van der Waals surface area contributed by atoms with Gasteiger partial charge < -0.3 is 10.6 Å². The van der Waals surface area contributed by atoms with Crippen LogP contribution in [0.4, 0.5) is 10.1 Å². The summed E-state index contributed by atoms with van der Waals surface area (Å²) in [7, 11) is 0. The van der Waals surface area contributed by atoms with Crippen LogP contribution in [0.5, 0.6) is 0 Å². The highest BCUT2D eigenvalue weighted by Crippen LogP contribution is 2.22. The molecule has 0 aromatic heterocycles. The molecule has 3 nitrogen and oxygen atoms in total. The average Bonchev–Trinajstić information content (AvgIpc) is 2.56. The smallest absolute Gasteiger partial charge is 0.225 e. The molecule has 0 spiro atoms. The van der Waals surface area contributed by atoms with Gasteiger partial charge in [-0.2, -0.15) is 0 Å². The number of rotatable bonds is 8. The minimum absolute atomic E-state index is 0.0576. The lowest BCUT2D eigenvalue weighted by molar-refractivity contribution is -0.115. The predicted molar refractivity (Wildman–Crippen MR) is 94.2 cm³/mol. The Hall–Kier alpha value is -1.85. The number of hydrogen-bond acceptors (Lipinski definition) is 3. The molecule has 5 heteroatoms. The molecule has 0 aliphatic rings. The van der Waals surface area contributed by atoms with Gasteiger partial charge in [0.2, 0.25) is 5.91 Å². The predicted octanol–water partition coefficient (Wildman–Crippen LogP) is 4.06. The van der Waals surface area contributed by atoms with E-state index in [2.05, 4.69) is 10.6 Å². The largest absolute Gasteiger partial charge is 0.326 e. The lowest BCUT2D eigenvalue weighted by Crippen LogP contribution is -2.17. The molecule has 0 atom stereocenters. The van der Waals surface area contributed by atoms with Gasteiger partial charge >= 0.3 is 0 Å². The first kappa shape index (κ1) is 17.5. The van der Waals surface area contributed by atoms with Gasteiger partial charge in [-0.05, 0) is 30.3 Å². The molecule has 2 N–H and O–H groups in total. The lowest BCUT2D eigenvalue weighted by Gasteiger charge is -2.11. The normalized spacial score (nSPS) is 10.5. The number of halogens is 1. The van der Waals surface area contributed by atoms with E-state index in [0.717, 1.165) is 24.3 Å². The average molecular weight is 332 g/mol. The summed E-state index contributed by atoms with van der Waals surface area (Å²) >= 11 is 1.36. The van der Waals surface area contributed by atoms with Crippen molar-refractivity contribution in [3.8, 4) is 0 Å². The Morgan fingerprint density at radius 1 is 1.13 bits per heavy atom. The SMILES string of the molecule is CCNCc1ccccc1NC(=O)CCSc1ccccc1F. The lowest BCUT2D eigenvalue weighted by atomic mass is 10.1. The molecule has 0 aliphatic heterocycles. The third kappa shape index (κ3) is 5.69. The van der Waals surface area contributed by atoms with Crippen molar-refractivity contribution in [3.05, 3.63) is 59.9 Å². The minimum atomic E-state index is -0.242. The summed E-state index contributed by atoms with van der Waals surface area (Å²) < 4.78 is 13.5. The van der Waals surface area contributed by atoms with Crippen LogP contribution in [-0.4, -0.2) is 18.2 Å². The summed E-state index contributed by atoms with van der Waals surface area (Å²) in [5.41, 5.74) is 1.89. The standard InChI is InChI=1S/C18H21FN2OS/c1-2-20-13-14-7-3-5-9-16(14)21-18(22)11-12-23-17-10-6-4-8-15(17)19/h3-10,20H,2,11-13H2,1H3,(H,21,22). The van der Waals surface area contributed by atoms with Gasteiger partial charge in [-0.15, -0.1) is 11.8 Å². The molecule has 0 saturated carbocycles. The third-order valence-corrected chi connectivity index (χ3v) is 4.33. The fourth-order valence-electron chi connectivity index (χ4n) is 2.08. The Morgan fingerprint density at radius 3 is 2.65 bits per heavy atom. The fraction of sp³-hybridized carbons (Fsp3) is 0.278. The summed E-state index contributed by atoms with van der Waals surface area (Å²) in [5, 5.41) is 6.19. The number of benzene rings is 2. The second-order valence-corrected chi connectivity index (χ2v) is 6.15. The molecule has 0 bridgehead atoms. The van der Waals surface area contributed by atoms with Crippen LogP contribution in [0.3, 0.4) is 0 Å². The van der Waals surface area contributed by atoms with Gasteiger partial charge in [-0.1, -0.05) is 37.3 Å². The summed E-state index contributed by atoms with van der Waals surface area (Å²) in [6.07, 6.45) is 0.342. The summed E-state index contributed by atoms with van der Waals surface area (Å²) in [4.78, 5) is 12.7. The Bertz CT molecular complexity index is 648. The van der Waals surface area contributed by atoms with E-state index < -0.39 is 0 Å². The summed E-state index contributed by atoms with van der Waals surface area (Å²) in [6, 6.07) is 14.4. The van der Waals surface area contributed by atoms with E-state index in [1.807, 2.05) is 31.2 Å². The van der Waals surface area contributed by atoms with Crippen molar-refractivity contribution in [2.24, 2.45) is 0 Å². The van der Waals surface area contributed by atoms with Gasteiger partial charge in [0.25, 0.3) is 0 Å². The highest BCUT2D eigenvalue weighted by atomic mass is 32.2. The number of hydrogen-bond donors (Lipinski definition) is 2. The van der Waals surface area contributed by atoms with Crippen LogP contribution in [0.15, 0.2) is 53.4 Å². The van der Waals surface area contributed by atoms with Crippen LogP contribution in [0.2, 0.25) is 0 Å². The molecule has 0 radical (unpaired) electrons. The Morgan fingerprint density at radius 2 is 1.87 bits per heavy atom. The number of carbonyl (C=O) groups is 1. The minimum Gasteiger partial charge on any atom is -0.326 e. The van der Waals surface area contributed by atoms with Gasteiger partial charge in [0.1, 0.15) is 5.82 Å². The second kappa shape index (κ2) is 9.33. The van der Waals surface area contributed by atoms with Gasteiger partial charge in [-0.25, -0.2) is 4.39 Å². The van der Waals surface area contributed by atoms with E-state index in [1.54, 1.807) is 18.2 Å². The van der Waals surface area contributed by atoms with E-state index in [1.165, 1.54) is 17.8 Å². The molecule has 2 aromatic carbocycles. The second-order valence-electron chi connectivity index (χ2n) is 5.01. The molecule has 23 heavy (non-hydrogen) atoms. The molecule has 2 aromatic rings. The van der Waals surface area contributed by atoms with Crippen LogP contribution in [0, 0.1) is 5.82 Å². The van der Waals surface area contributed by atoms with E-state index in [9.17, 15) is 9.18 Å². The number of amides is 1. The van der Waals surface area contributed by atoms with E-state index in [0.29, 0.717) is 17.1 Å². The van der Waals surface area contributed by atoms with Crippen molar-refractivity contribution in [2.75, 3.05) is 17.6 Å². The van der Waals surface area contributed by atoms with Crippen molar-refractivity contribution in [2.45, 2.75) is 24.8 Å². The van der Waals surface area contributed by atoms with Crippen molar-refractivity contribution >= 4 is 23.4 Å². The van der Waals surface area contributed by atoms with E-state index in [-0.39, 0.29) is 11.7 Å². The van der Waals surface area contributed by atoms with Crippen molar-refractivity contribution in [1.82, 2.24) is 5.32 Å². The highest BCUT2D eigenvalue weighted by Gasteiger charge is 2.07. The first-order valence-electron chi connectivity index (χ1n) is 7.66. The van der Waals surface area contributed by atoms with Crippen LogP contribution < -0.4 is 10.6 Å². The first-order chi connectivity index (χ1) is 11.2. The highest BCUT2D eigenvalue weighted by molar-refractivity contribution is 7.99. The Labute approximate surface area is 140 Å². The number of para-hydroxylation sites is 1. The van der Waals surface area contributed by atoms with Crippen LogP contribution in [0.1, 0.15) is 18.9 Å². The number of carbonyl (C=O) groups excluding carboxylic acids is 1. The number of nitrogens with one attached hydrogen (secondary N) is 2. The first-order valence-corrected chi connectivity index (χ1v) is 8.65. The Balaban J connectivity index is 1.84. The maximum atomic E-state index is 13.5. The van der Waals surface area contributed by atoms with Gasteiger partial charge in [0.05, 0.1) is 0 Å². The van der Waals surface area contributed by atoms with E-state index >= 15 is 0 Å². The number of thioether (sulfide) groups is 1. The maximum Gasteiger partial charge on any atom is 0.225 e. The van der Waals surface area contributed by atoms with Crippen LogP contribution in [-0.2, 0) is 11.3 Å². The Kier molecular flexibility index (Phi) is 7.10. The molecule has 0 saturated heterocycles. The quantitative estimate of drug-likeness (QED) is 0.716. The van der Waals surface area contributed by atoms with Crippen molar-refractivity contribution in [3.63, 3.8) is 0 Å². The molecule has 0 unspecified atom stereocenters. The van der Waals surface area contributed by atoms with Crippen molar-refractivity contribution < 1.29 is 9.18 Å².